The zero-order valence-electron chi connectivity index (χ0n) is 8.74. The summed E-state index contributed by atoms with van der Waals surface area (Å²) in [6, 6.07) is -0.133. The van der Waals surface area contributed by atoms with Gasteiger partial charge in [0, 0.05) is 27.2 Å². The van der Waals surface area contributed by atoms with Gasteiger partial charge >= 0.3 is 6.03 Å². The van der Waals surface area contributed by atoms with E-state index in [-0.39, 0.29) is 12.0 Å². The summed E-state index contributed by atoms with van der Waals surface area (Å²) >= 11 is 0. The minimum atomic E-state index is -0.133. The Labute approximate surface area is 87.2 Å². The van der Waals surface area contributed by atoms with Gasteiger partial charge in [-0.1, -0.05) is 0 Å². The average Bonchev–Trinajstić information content (AvgIpc) is 2.58. The summed E-state index contributed by atoms with van der Waals surface area (Å²) in [5, 5.41) is 11.8. The molecule has 1 aromatic heterocycles. The van der Waals surface area contributed by atoms with Crippen LogP contribution in [0.15, 0.2) is 0 Å². The van der Waals surface area contributed by atoms with E-state index in [0.29, 0.717) is 19.0 Å². The summed E-state index contributed by atoms with van der Waals surface area (Å²) in [6.45, 7) is 1.03. The summed E-state index contributed by atoms with van der Waals surface area (Å²) in [4.78, 5) is 16.4. The lowest BCUT2D eigenvalue weighted by Gasteiger charge is -2.11. The van der Waals surface area contributed by atoms with Crippen LogP contribution in [0.2, 0.25) is 0 Å². The topological polar surface area (TPSA) is 112 Å². The van der Waals surface area contributed by atoms with Crippen LogP contribution in [-0.4, -0.2) is 53.3 Å². The average molecular weight is 213 g/mol. The molecule has 5 N–H and O–H groups in total. The van der Waals surface area contributed by atoms with Crippen LogP contribution in [0.1, 0.15) is 0 Å². The highest BCUT2D eigenvalue weighted by atomic mass is 16.2. The number of aromatic amines is 1. The van der Waals surface area contributed by atoms with Crippen LogP contribution >= 0.6 is 0 Å². The molecule has 8 nitrogen and oxygen atoms in total. The predicted molar refractivity (Wildman–Crippen MR) is 56.4 cm³/mol. The highest BCUT2D eigenvalue weighted by Crippen LogP contribution is 1.96. The molecule has 0 atom stereocenters. The Morgan fingerprint density at radius 2 is 2.27 bits per heavy atom. The van der Waals surface area contributed by atoms with E-state index in [0.717, 1.165) is 0 Å². The molecule has 1 aromatic rings. The van der Waals surface area contributed by atoms with Crippen molar-refractivity contribution in [3.63, 3.8) is 0 Å². The smallest absolute Gasteiger partial charge is 0.316 e. The number of nitrogen functional groups attached to an aromatic ring is 1. The number of hydrogen-bond donors (Lipinski definition) is 4. The Morgan fingerprint density at radius 1 is 1.53 bits per heavy atom. The maximum Gasteiger partial charge on any atom is 0.316 e. The maximum absolute atomic E-state index is 11.1. The quantitative estimate of drug-likeness (QED) is 0.483. The van der Waals surface area contributed by atoms with E-state index in [4.69, 9.17) is 5.73 Å². The molecular formula is C7H15N7O. The van der Waals surface area contributed by atoms with E-state index in [2.05, 4.69) is 25.8 Å². The third-order valence-electron chi connectivity index (χ3n) is 1.59. The molecule has 0 fully saturated rings. The van der Waals surface area contributed by atoms with E-state index < -0.39 is 0 Å². The van der Waals surface area contributed by atoms with E-state index in [1.807, 2.05) is 0 Å². The number of anilines is 2. The first kappa shape index (κ1) is 11.1. The molecule has 0 saturated carbocycles. The molecule has 84 valence electrons. The third-order valence-corrected chi connectivity index (χ3v) is 1.59. The molecule has 0 bridgehead atoms. The fourth-order valence-corrected chi connectivity index (χ4v) is 0.855. The van der Waals surface area contributed by atoms with Crippen molar-refractivity contribution in [1.82, 2.24) is 25.4 Å². The molecule has 1 heterocycles. The normalized spacial score (nSPS) is 9.73. The van der Waals surface area contributed by atoms with Gasteiger partial charge < -0.3 is 21.3 Å². The molecule has 15 heavy (non-hydrogen) atoms. The highest BCUT2D eigenvalue weighted by molar-refractivity contribution is 5.73. The number of nitrogens with two attached hydrogens (primary N) is 1. The second-order valence-electron chi connectivity index (χ2n) is 3.10. The predicted octanol–water partition coefficient (Wildman–Crippen LogP) is -0.930. The Hall–Kier alpha value is -1.99. The first-order valence-electron chi connectivity index (χ1n) is 4.46. The first-order valence-corrected chi connectivity index (χ1v) is 4.46. The third kappa shape index (κ3) is 3.71. The lowest BCUT2D eigenvalue weighted by molar-refractivity contribution is 0.218. The minimum Gasteiger partial charge on any atom is -0.368 e. The number of amides is 2. The van der Waals surface area contributed by atoms with Crippen LogP contribution in [0.4, 0.5) is 16.7 Å². The standard InChI is InChI=1S/C7H15N7O/c1-14(2)7(15)10-4-3-9-6-11-5(8)12-13-6/h3-4H2,1-2H3,(H,10,15)(H4,8,9,11,12,13). The van der Waals surface area contributed by atoms with Crippen molar-refractivity contribution in [2.24, 2.45) is 0 Å². The number of hydrogen-bond acceptors (Lipinski definition) is 5. The van der Waals surface area contributed by atoms with Gasteiger partial charge in [-0.05, 0) is 0 Å². The van der Waals surface area contributed by atoms with Gasteiger partial charge in [-0.25, -0.2) is 9.89 Å². The second kappa shape index (κ2) is 5.03. The lowest BCUT2D eigenvalue weighted by atomic mass is 10.6. The van der Waals surface area contributed by atoms with Crippen molar-refractivity contribution < 1.29 is 4.79 Å². The van der Waals surface area contributed by atoms with E-state index in [1.165, 1.54) is 4.90 Å². The zero-order chi connectivity index (χ0) is 11.3. The van der Waals surface area contributed by atoms with Gasteiger partial charge in [-0.15, -0.1) is 5.10 Å². The fourth-order valence-electron chi connectivity index (χ4n) is 0.855. The zero-order valence-corrected chi connectivity index (χ0v) is 8.74. The summed E-state index contributed by atoms with van der Waals surface area (Å²) in [6.07, 6.45) is 0. The van der Waals surface area contributed by atoms with Crippen molar-refractivity contribution in [3.05, 3.63) is 0 Å². The van der Waals surface area contributed by atoms with Gasteiger partial charge in [0.2, 0.25) is 11.9 Å². The van der Waals surface area contributed by atoms with Crippen LogP contribution in [0, 0.1) is 0 Å². The molecule has 0 aliphatic rings. The number of nitrogens with zero attached hydrogens (tertiary/aromatic N) is 3. The molecule has 0 unspecified atom stereocenters. The number of aromatic nitrogens is 3. The van der Waals surface area contributed by atoms with Crippen molar-refractivity contribution in [2.45, 2.75) is 0 Å². The van der Waals surface area contributed by atoms with Crippen LogP contribution in [-0.2, 0) is 0 Å². The molecule has 0 aliphatic heterocycles. The Morgan fingerprint density at radius 3 is 2.80 bits per heavy atom. The van der Waals surface area contributed by atoms with Crippen LogP contribution in [0.5, 0.6) is 0 Å². The molecule has 2 amide bonds. The van der Waals surface area contributed by atoms with E-state index in [9.17, 15) is 4.79 Å². The van der Waals surface area contributed by atoms with Gasteiger partial charge in [0.1, 0.15) is 0 Å². The summed E-state index contributed by atoms with van der Waals surface area (Å²) in [5.74, 6) is 0.682. The van der Waals surface area contributed by atoms with Crippen LogP contribution in [0.25, 0.3) is 0 Å². The molecule has 0 saturated heterocycles. The molecule has 0 aliphatic carbocycles. The second-order valence-corrected chi connectivity index (χ2v) is 3.10. The Balaban J connectivity index is 2.15. The van der Waals surface area contributed by atoms with Gasteiger partial charge in [0.25, 0.3) is 0 Å². The van der Waals surface area contributed by atoms with E-state index in [1.54, 1.807) is 14.1 Å². The van der Waals surface area contributed by atoms with Crippen molar-refractivity contribution >= 4 is 17.9 Å². The Bertz CT molecular complexity index is 321. The summed E-state index contributed by atoms with van der Waals surface area (Å²) < 4.78 is 0. The Kier molecular flexibility index (Phi) is 3.72. The molecule has 0 radical (unpaired) electrons. The molecule has 8 heteroatoms. The first-order chi connectivity index (χ1) is 7.09. The van der Waals surface area contributed by atoms with Crippen molar-refractivity contribution in [1.29, 1.82) is 0 Å². The maximum atomic E-state index is 11.1. The van der Waals surface area contributed by atoms with Crippen molar-refractivity contribution in [3.8, 4) is 0 Å². The lowest BCUT2D eigenvalue weighted by Crippen LogP contribution is -2.37. The number of carbonyl (C=O) groups excluding carboxylic acids is 1. The number of nitrogens with one attached hydrogen (secondary N) is 3. The summed E-state index contributed by atoms with van der Waals surface area (Å²) in [7, 11) is 3.36. The number of urea groups is 1. The van der Waals surface area contributed by atoms with Gasteiger partial charge in [0.05, 0.1) is 0 Å². The fraction of sp³-hybridized carbons (Fsp3) is 0.571. The number of carbonyl (C=O) groups is 1. The van der Waals surface area contributed by atoms with Gasteiger partial charge in [-0.3, -0.25) is 0 Å². The van der Waals surface area contributed by atoms with Gasteiger partial charge in [-0.2, -0.15) is 4.98 Å². The minimum absolute atomic E-state index is 0.133. The molecule has 0 spiro atoms. The molecule has 1 rings (SSSR count). The number of rotatable bonds is 4. The largest absolute Gasteiger partial charge is 0.368 e. The summed E-state index contributed by atoms with van der Waals surface area (Å²) in [5.41, 5.74) is 5.33. The van der Waals surface area contributed by atoms with Crippen LogP contribution < -0.4 is 16.4 Å². The number of H-pyrrole nitrogens is 1. The van der Waals surface area contributed by atoms with Crippen molar-refractivity contribution in [2.75, 3.05) is 38.2 Å². The SMILES string of the molecule is CN(C)C(=O)NCCNc1n[nH]c(N)n1. The molecule has 0 aromatic carbocycles. The molecular weight excluding hydrogens is 198 g/mol. The highest BCUT2D eigenvalue weighted by Gasteiger charge is 2.01. The van der Waals surface area contributed by atoms with Crippen LogP contribution in [0.3, 0.4) is 0 Å². The monoisotopic (exact) mass is 213 g/mol. The van der Waals surface area contributed by atoms with E-state index >= 15 is 0 Å². The van der Waals surface area contributed by atoms with Gasteiger partial charge in [0.15, 0.2) is 0 Å².